The molecule has 4 heteroatoms. The summed E-state index contributed by atoms with van der Waals surface area (Å²) in [4.78, 5) is 0. The van der Waals surface area contributed by atoms with E-state index in [4.69, 9.17) is 10.5 Å². The van der Waals surface area contributed by atoms with Crippen LogP contribution in [0.1, 0.15) is 24.0 Å². The molecule has 86 valence electrons. The van der Waals surface area contributed by atoms with Crippen LogP contribution in [0, 0.1) is 21.3 Å². The van der Waals surface area contributed by atoms with Crippen molar-refractivity contribution in [3.05, 3.63) is 35.4 Å². The van der Waals surface area contributed by atoms with Gasteiger partial charge in [0.15, 0.2) is 0 Å². The largest absolute Gasteiger partial charge is 0.185 e. The van der Waals surface area contributed by atoms with Crippen LogP contribution < -0.4 is 0 Å². The van der Waals surface area contributed by atoms with E-state index in [2.05, 4.69) is 22.9 Å². The summed E-state index contributed by atoms with van der Waals surface area (Å²) in [5, 5.41) is 22.1. The van der Waals surface area contributed by atoms with E-state index >= 15 is 0 Å². The zero-order valence-electron chi connectivity index (χ0n) is 9.35. The molecule has 1 aromatic rings. The van der Waals surface area contributed by atoms with Crippen molar-refractivity contribution in [1.29, 1.82) is 10.5 Å². The predicted octanol–water partition coefficient (Wildman–Crippen LogP) is 3.65. The quantitative estimate of drug-likeness (QED) is 0.778. The molecule has 1 aliphatic rings. The van der Waals surface area contributed by atoms with Crippen LogP contribution in [0.4, 0.5) is 0 Å². The Kier molecular flexibility index (Phi) is 3.99. The molecule has 0 N–H and O–H groups in total. The Balaban J connectivity index is 2.41. The number of hydrogen-bond donors (Lipinski definition) is 0. The second-order valence-corrected chi connectivity index (χ2v) is 6.01. The fraction of sp³-hybridized carbons (Fsp3) is 0.385. The Morgan fingerprint density at radius 1 is 1.24 bits per heavy atom. The van der Waals surface area contributed by atoms with Gasteiger partial charge in [-0.05, 0) is 53.9 Å². The maximum Gasteiger partial charge on any atom is 0.134 e. The molecule has 0 heterocycles. The standard InChI is InChI=1S/C13H12N2S2/c14-9-16-8-13(17-10-15)7-3-5-11-4-1-2-6-12(11)13/h1-2,4,6H,3,5,7-8H2. The summed E-state index contributed by atoms with van der Waals surface area (Å²) >= 11 is 2.57. The molecule has 0 saturated heterocycles. The predicted molar refractivity (Wildman–Crippen MR) is 72.3 cm³/mol. The van der Waals surface area contributed by atoms with Crippen LogP contribution >= 0.6 is 23.5 Å². The first-order chi connectivity index (χ1) is 8.32. The van der Waals surface area contributed by atoms with Gasteiger partial charge in [0.1, 0.15) is 10.8 Å². The zero-order chi connectivity index (χ0) is 12.1. The van der Waals surface area contributed by atoms with Crippen LogP contribution in [-0.2, 0) is 11.2 Å². The molecule has 0 bridgehead atoms. The summed E-state index contributed by atoms with van der Waals surface area (Å²) in [6, 6.07) is 8.31. The highest BCUT2D eigenvalue weighted by molar-refractivity contribution is 8.07. The summed E-state index contributed by atoms with van der Waals surface area (Å²) in [5.74, 6) is 0.693. The average Bonchev–Trinajstić information content (AvgIpc) is 2.37. The molecule has 2 nitrogen and oxygen atoms in total. The number of rotatable bonds is 3. The van der Waals surface area contributed by atoms with Crippen LogP contribution in [0.25, 0.3) is 0 Å². The number of aryl methyl sites for hydroxylation is 1. The molecule has 1 aliphatic carbocycles. The summed E-state index contributed by atoms with van der Waals surface area (Å²) in [5.41, 5.74) is 2.58. The molecule has 2 rings (SSSR count). The van der Waals surface area contributed by atoms with Gasteiger partial charge in [-0.3, -0.25) is 0 Å². The van der Waals surface area contributed by atoms with Crippen LogP contribution in [0.2, 0.25) is 0 Å². The SMILES string of the molecule is N#CSCC1(SC#N)CCCc2ccccc21. The maximum atomic E-state index is 9.03. The Hall–Kier alpha value is -1.10. The van der Waals surface area contributed by atoms with Gasteiger partial charge >= 0.3 is 0 Å². The highest BCUT2D eigenvalue weighted by Gasteiger charge is 2.37. The molecule has 1 unspecified atom stereocenters. The highest BCUT2D eigenvalue weighted by atomic mass is 32.2. The smallest absolute Gasteiger partial charge is 0.134 e. The van der Waals surface area contributed by atoms with Crippen molar-refractivity contribution in [2.45, 2.75) is 24.0 Å². The van der Waals surface area contributed by atoms with Gasteiger partial charge in [0, 0.05) is 5.75 Å². The van der Waals surface area contributed by atoms with E-state index in [-0.39, 0.29) is 4.75 Å². The Bertz CT molecular complexity index is 487. The third-order valence-electron chi connectivity index (χ3n) is 3.15. The summed E-state index contributed by atoms with van der Waals surface area (Å²) in [6.45, 7) is 0. The number of fused-ring (bicyclic) bond motifs is 1. The molecule has 0 radical (unpaired) electrons. The van der Waals surface area contributed by atoms with Gasteiger partial charge in [0.2, 0.25) is 0 Å². The second kappa shape index (κ2) is 5.49. The number of nitrogens with zero attached hydrogens (tertiary/aromatic N) is 2. The number of hydrogen-bond acceptors (Lipinski definition) is 4. The third-order valence-corrected chi connectivity index (χ3v) is 5.15. The first-order valence-electron chi connectivity index (χ1n) is 5.49. The highest BCUT2D eigenvalue weighted by Crippen LogP contribution is 2.47. The van der Waals surface area contributed by atoms with Crippen molar-refractivity contribution in [2.75, 3.05) is 5.75 Å². The van der Waals surface area contributed by atoms with Crippen molar-refractivity contribution in [3.63, 3.8) is 0 Å². The van der Waals surface area contributed by atoms with E-state index in [0.29, 0.717) is 5.75 Å². The van der Waals surface area contributed by atoms with Crippen molar-refractivity contribution < 1.29 is 0 Å². The number of nitriles is 2. The van der Waals surface area contributed by atoms with Crippen LogP contribution in [0.15, 0.2) is 24.3 Å². The van der Waals surface area contributed by atoms with E-state index in [0.717, 1.165) is 19.3 Å². The normalized spacial score (nSPS) is 22.2. The first-order valence-corrected chi connectivity index (χ1v) is 7.29. The van der Waals surface area contributed by atoms with Gasteiger partial charge in [0.25, 0.3) is 0 Å². The second-order valence-electron chi connectivity index (χ2n) is 4.08. The number of benzene rings is 1. The fourth-order valence-electron chi connectivity index (χ4n) is 2.40. The van der Waals surface area contributed by atoms with E-state index in [1.807, 2.05) is 12.1 Å². The number of thioether (sulfide) groups is 2. The van der Waals surface area contributed by atoms with Crippen LogP contribution in [0.3, 0.4) is 0 Å². The van der Waals surface area contributed by atoms with Gasteiger partial charge in [-0.25, -0.2) is 0 Å². The van der Waals surface area contributed by atoms with Crippen molar-refractivity contribution in [2.24, 2.45) is 0 Å². The lowest BCUT2D eigenvalue weighted by molar-refractivity contribution is 0.554. The molecular weight excluding hydrogens is 248 g/mol. The number of thiocyanates is 2. The molecular formula is C13H12N2S2. The van der Waals surface area contributed by atoms with E-state index < -0.39 is 0 Å². The Labute approximate surface area is 110 Å². The van der Waals surface area contributed by atoms with Crippen molar-refractivity contribution in [1.82, 2.24) is 0 Å². The lowest BCUT2D eigenvalue weighted by atomic mass is 9.83. The maximum absolute atomic E-state index is 9.03. The summed E-state index contributed by atoms with van der Waals surface area (Å²) in [7, 11) is 0. The monoisotopic (exact) mass is 260 g/mol. The van der Waals surface area contributed by atoms with E-state index in [9.17, 15) is 0 Å². The van der Waals surface area contributed by atoms with Crippen LogP contribution in [0.5, 0.6) is 0 Å². The van der Waals surface area contributed by atoms with Crippen molar-refractivity contribution in [3.8, 4) is 10.8 Å². The van der Waals surface area contributed by atoms with Gasteiger partial charge < -0.3 is 0 Å². The minimum absolute atomic E-state index is 0.190. The molecule has 0 saturated carbocycles. The fourth-order valence-corrected chi connectivity index (χ4v) is 4.14. The Morgan fingerprint density at radius 3 is 2.82 bits per heavy atom. The van der Waals surface area contributed by atoms with Gasteiger partial charge in [-0.2, -0.15) is 10.5 Å². The third kappa shape index (κ3) is 2.44. The van der Waals surface area contributed by atoms with Gasteiger partial charge in [-0.15, -0.1) is 0 Å². The average molecular weight is 260 g/mol. The van der Waals surface area contributed by atoms with Crippen molar-refractivity contribution >= 4 is 23.5 Å². The molecule has 1 atom stereocenters. The Morgan fingerprint density at radius 2 is 2.06 bits per heavy atom. The van der Waals surface area contributed by atoms with E-state index in [1.54, 1.807) is 0 Å². The molecule has 0 fully saturated rings. The lowest BCUT2D eigenvalue weighted by Gasteiger charge is -2.35. The first kappa shape index (κ1) is 12.4. The molecule has 0 aromatic heterocycles. The molecule has 0 aliphatic heterocycles. The topological polar surface area (TPSA) is 47.6 Å². The molecule has 0 spiro atoms. The minimum atomic E-state index is -0.190. The lowest BCUT2D eigenvalue weighted by Crippen LogP contribution is -2.29. The minimum Gasteiger partial charge on any atom is -0.185 e. The zero-order valence-corrected chi connectivity index (χ0v) is 11.0. The van der Waals surface area contributed by atoms with Crippen LogP contribution in [-0.4, -0.2) is 5.75 Å². The van der Waals surface area contributed by atoms with E-state index in [1.165, 1.54) is 34.7 Å². The van der Waals surface area contributed by atoms with Gasteiger partial charge in [0.05, 0.1) is 4.75 Å². The molecule has 1 aromatic carbocycles. The molecule has 0 amide bonds. The van der Waals surface area contributed by atoms with Gasteiger partial charge in [-0.1, -0.05) is 24.3 Å². The summed E-state index contributed by atoms with van der Waals surface area (Å²) in [6.07, 6.45) is 3.16. The summed E-state index contributed by atoms with van der Waals surface area (Å²) < 4.78 is -0.190. The molecule has 17 heavy (non-hydrogen) atoms.